The molecule has 0 unspecified atom stereocenters. The Morgan fingerprint density at radius 3 is 2.57 bits per heavy atom. The number of hydrogen-bond acceptors (Lipinski definition) is 6. The maximum absolute atomic E-state index is 13.0. The summed E-state index contributed by atoms with van der Waals surface area (Å²) in [6.45, 7) is 3.10. The van der Waals surface area contributed by atoms with Gasteiger partial charge in [-0.3, -0.25) is 4.79 Å². The Kier molecular flexibility index (Phi) is 4.56. The van der Waals surface area contributed by atoms with E-state index in [1.807, 2.05) is 0 Å². The van der Waals surface area contributed by atoms with E-state index in [9.17, 15) is 26.4 Å². The highest BCUT2D eigenvalue weighted by Crippen LogP contribution is 2.31. The predicted octanol–water partition coefficient (Wildman–Crippen LogP) is 2.12. The number of carbonyl (C=O) groups excluding carboxylic acids is 1. The van der Waals surface area contributed by atoms with Crippen LogP contribution < -0.4 is 4.90 Å². The van der Waals surface area contributed by atoms with Crippen LogP contribution in [0, 0.1) is 13.8 Å². The van der Waals surface area contributed by atoms with E-state index >= 15 is 0 Å². The number of alkyl halides is 3. The molecule has 0 fully saturated rings. The van der Waals surface area contributed by atoms with Crippen LogP contribution in [0.3, 0.4) is 0 Å². The van der Waals surface area contributed by atoms with Crippen molar-refractivity contribution in [1.29, 1.82) is 0 Å². The normalized spacial score (nSPS) is 16.0. The van der Waals surface area contributed by atoms with Crippen molar-refractivity contribution in [2.24, 2.45) is 0 Å². The molecular formula is C18H16F3N5O3S. The topological polar surface area (TPSA) is 97.5 Å². The minimum Gasteiger partial charge on any atom is -0.310 e. The number of fused-ring (bicyclic) bond motifs is 2. The molecule has 0 N–H and O–H groups in total. The number of nitrogens with zero attached hydrogens (tertiary/aromatic N) is 5. The molecule has 2 aromatic heterocycles. The highest BCUT2D eigenvalue weighted by Gasteiger charge is 2.37. The zero-order chi connectivity index (χ0) is 21.8. The summed E-state index contributed by atoms with van der Waals surface area (Å²) in [4.78, 5) is 22.0. The van der Waals surface area contributed by atoms with Crippen molar-refractivity contribution >= 4 is 27.2 Å². The second-order valence-electron chi connectivity index (χ2n) is 6.91. The number of para-hydroxylation sites is 1. The van der Waals surface area contributed by atoms with Crippen LogP contribution in [0.1, 0.15) is 22.8 Å². The summed E-state index contributed by atoms with van der Waals surface area (Å²) in [7, 11) is -3.47. The van der Waals surface area contributed by atoms with Crippen LogP contribution in [0.4, 0.5) is 18.9 Å². The standard InChI is InChI=1S/C18H16F3N5O3S/c1-10-12(11(2)26-17(22-10)23-16(24-26)18(19,20)21)9-15(27)25-7-8-30(28,29)14-6-4-3-5-13(14)25/h3-6H,7-9H2,1-2H3. The molecule has 0 spiro atoms. The number of hydrogen-bond donors (Lipinski definition) is 0. The van der Waals surface area contributed by atoms with Gasteiger partial charge in [-0.25, -0.2) is 17.9 Å². The fourth-order valence-corrected chi connectivity index (χ4v) is 4.90. The van der Waals surface area contributed by atoms with Crippen LogP contribution in [0.15, 0.2) is 29.2 Å². The molecule has 1 amide bonds. The van der Waals surface area contributed by atoms with Crippen LogP contribution in [0.25, 0.3) is 5.78 Å². The first kappa shape index (κ1) is 20.3. The maximum atomic E-state index is 13.0. The van der Waals surface area contributed by atoms with Crippen molar-refractivity contribution in [3.8, 4) is 0 Å². The fraction of sp³-hybridized carbons (Fsp3) is 0.333. The number of halogens is 3. The van der Waals surface area contributed by atoms with E-state index in [4.69, 9.17) is 0 Å². The summed E-state index contributed by atoms with van der Waals surface area (Å²) in [5, 5.41) is 3.47. The van der Waals surface area contributed by atoms with Crippen molar-refractivity contribution in [1.82, 2.24) is 19.6 Å². The molecule has 3 heterocycles. The molecule has 0 saturated carbocycles. The van der Waals surface area contributed by atoms with E-state index in [2.05, 4.69) is 15.1 Å². The van der Waals surface area contributed by atoms with Gasteiger partial charge in [0.15, 0.2) is 9.84 Å². The van der Waals surface area contributed by atoms with E-state index < -0.39 is 21.8 Å². The number of sulfone groups is 1. The van der Waals surface area contributed by atoms with Crippen LogP contribution >= 0.6 is 0 Å². The summed E-state index contributed by atoms with van der Waals surface area (Å²) >= 11 is 0. The zero-order valence-corrected chi connectivity index (χ0v) is 16.8. The van der Waals surface area contributed by atoms with Gasteiger partial charge in [0.1, 0.15) is 0 Å². The van der Waals surface area contributed by atoms with E-state index in [0.29, 0.717) is 22.6 Å². The molecule has 0 atom stereocenters. The van der Waals surface area contributed by atoms with E-state index in [1.54, 1.807) is 25.1 Å². The van der Waals surface area contributed by atoms with Gasteiger partial charge in [-0.1, -0.05) is 12.1 Å². The largest absolute Gasteiger partial charge is 0.453 e. The number of aromatic nitrogens is 4. The Bertz CT molecular complexity index is 1280. The molecule has 158 valence electrons. The van der Waals surface area contributed by atoms with Gasteiger partial charge in [-0.15, -0.1) is 5.10 Å². The highest BCUT2D eigenvalue weighted by molar-refractivity contribution is 7.91. The number of aryl methyl sites for hydroxylation is 2. The minimum absolute atomic E-state index is 0.00645. The Labute approximate surface area is 169 Å². The van der Waals surface area contributed by atoms with E-state index in [1.165, 1.54) is 17.9 Å². The quantitative estimate of drug-likeness (QED) is 0.607. The first-order chi connectivity index (χ1) is 14.0. The second kappa shape index (κ2) is 6.76. The molecular weight excluding hydrogens is 423 g/mol. The summed E-state index contributed by atoms with van der Waals surface area (Å²) in [5.41, 5.74) is 1.37. The van der Waals surface area contributed by atoms with Crippen molar-refractivity contribution in [2.45, 2.75) is 31.3 Å². The van der Waals surface area contributed by atoms with Gasteiger partial charge >= 0.3 is 6.18 Å². The van der Waals surface area contributed by atoms with Gasteiger partial charge in [-0.05, 0) is 26.0 Å². The molecule has 1 aliphatic heterocycles. The lowest BCUT2D eigenvalue weighted by atomic mass is 10.1. The third kappa shape index (κ3) is 3.30. The monoisotopic (exact) mass is 439 g/mol. The number of rotatable bonds is 2. The number of amides is 1. The molecule has 0 saturated heterocycles. The molecule has 30 heavy (non-hydrogen) atoms. The van der Waals surface area contributed by atoms with E-state index in [0.717, 1.165) is 4.52 Å². The van der Waals surface area contributed by atoms with Gasteiger partial charge in [0, 0.05) is 23.5 Å². The molecule has 3 aromatic rings. The molecule has 0 bridgehead atoms. The van der Waals surface area contributed by atoms with Crippen LogP contribution in [0.2, 0.25) is 0 Å². The van der Waals surface area contributed by atoms with E-state index in [-0.39, 0.29) is 35.3 Å². The zero-order valence-electron chi connectivity index (χ0n) is 15.9. The third-order valence-electron chi connectivity index (χ3n) is 5.01. The third-order valence-corrected chi connectivity index (χ3v) is 6.74. The summed E-state index contributed by atoms with van der Waals surface area (Å²) in [6.07, 6.45) is -4.89. The lowest BCUT2D eigenvalue weighted by Crippen LogP contribution is -2.40. The molecule has 1 aliphatic rings. The molecule has 8 nitrogen and oxygen atoms in total. The van der Waals surface area contributed by atoms with Crippen LogP contribution in [-0.2, 0) is 27.2 Å². The first-order valence-corrected chi connectivity index (χ1v) is 10.6. The number of benzene rings is 1. The van der Waals surface area contributed by atoms with Gasteiger partial charge in [0.25, 0.3) is 11.6 Å². The molecule has 0 aliphatic carbocycles. The summed E-state index contributed by atoms with van der Waals surface area (Å²) in [5.74, 6) is -2.11. The van der Waals surface area contributed by atoms with Crippen molar-refractivity contribution in [3.63, 3.8) is 0 Å². The number of carbonyl (C=O) groups is 1. The van der Waals surface area contributed by atoms with Gasteiger partial charge in [0.05, 0.1) is 22.8 Å². The summed E-state index contributed by atoms with van der Waals surface area (Å²) in [6, 6.07) is 6.22. The van der Waals surface area contributed by atoms with Crippen molar-refractivity contribution in [2.75, 3.05) is 17.2 Å². The van der Waals surface area contributed by atoms with Crippen LogP contribution in [-0.4, -0.2) is 46.2 Å². The lowest BCUT2D eigenvalue weighted by molar-refractivity contribution is -0.144. The first-order valence-electron chi connectivity index (χ1n) is 8.91. The average Bonchev–Trinajstić information content (AvgIpc) is 3.10. The fourth-order valence-electron chi connectivity index (χ4n) is 3.47. The Morgan fingerprint density at radius 1 is 1.17 bits per heavy atom. The van der Waals surface area contributed by atoms with Gasteiger partial charge in [0.2, 0.25) is 5.91 Å². The minimum atomic E-state index is -4.72. The van der Waals surface area contributed by atoms with Crippen LogP contribution in [0.5, 0.6) is 0 Å². The SMILES string of the molecule is Cc1nc2nc(C(F)(F)F)nn2c(C)c1CC(=O)N1CCS(=O)(=O)c2ccccc21. The predicted molar refractivity (Wildman–Crippen MR) is 99.8 cm³/mol. The average molecular weight is 439 g/mol. The van der Waals surface area contributed by atoms with Gasteiger partial charge < -0.3 is 4.90 Å². The summed E-state index contributed by atoms with van der Waals surface area (Å²) < 4.78 is 64.3. The molecule has 12 heteroatoms. The lowest BCUT2D eigenvalue weighted by Gasteiger charge is -2.29. The Balaban J connectivity index is 1.72. The molecule has 4 rings (SSSR count). The second-order valence-corrected chi connectivity index (χ2v) is 8.99. The molecule has 1 aromatic carbocycles. The van der Waals surface area contributed by atoms with Crippen molar-refractivity contribution < 1.29 is 26.4 Å². The molecule has 0 radical (unpaired) electrons. The van der Waals surface area contributed by atoms with Gasteiger partial charge in [-0.2, -0.15) is 18.2 Å². The highest BCUT2D eigenvalue weighted by atomic mass is 32.2. The Hall–Kier alpha value is -3.02. The Morgan fingerprint density at radius 2 is 1.87 bits per heavy atom. The smallest absolute Gasteiger partial charge is 0.310 e. The number of anilines is 1. The maximum Gasteiger partial charge on any atom is 0.453 e. The van der Waals surface area contributed by atoms with Crippen molar-refractivity contribution in [3.05, 3.63) is 47.0 Å².